The Labute approximate surface area is 129 Å². The molecule has 6 heteroatoms. The number of ether oxygens (including phenoxy) is 1. The van der Waals surface area contributed by atoms with Crippen LogP contribution in [-0.4, -0.2) is 41.5 Å². The Morgan fingerprint density at radius 2 is 2.24 bits per heavy atom. The molecule has 1 atom stereocenters. The molecule has 0 aromatic carbocycles. The van der Waals surface area contributed by atoms with Crippen LogP contribution in [0.25, 0.3) is 0 Å². The largest absolute Gasteiger partial charge is 0.466 e. The first-order chi connectivity index (χ1) is 9.92. The number of aryl methyl sites for hydroxylation is 1. The van der Waals surface area contributed by atoms with Crippen LogP contribution in [0.3, 0.4) is 0 Å². The van der Waals surface area contributed by atoms with Crippen LogP contribution < -0.4 is 0 Å². The monoisotopic (exact) mass is 310 g/mol. The van der Waals surface area contributed by atoms with Gasteiger partial charge in [0.05, 0.1) is 23.2 Å². The Hall–Kier alpha value is -1.43. The van der Waals surface area contributed by atoms with Gasteiger partial charge in [-0.1, -0.05) is 13.8 Å². The highest BCUT2D eigenvalue weighted by Gasteiger charge is 2.49. The van der Waals surface area contributed by atoms with E-state index in [2.05, 4.69) is 4.98 Å². The predicted octanol–water partition coefficient (Wildman–Crippen LogP) is 2.50. The average Bonchev–Trinajstić information content (AvgIpc) is 3.05. The zero-order chi connectivity index (χ0) is 15.6. The van der Waals surface area contributed by atoms with Crippen LogP contribution in [0.5, 0.6) is 0 Å². The minimum atomic E-state index is -0.579. The van der Waals surface area contributed by atoms with Crippen LogP contribution in [0.1, 0.15) is 42.6 Å². The van der Waals surface area contributed by atoms with Gasteiger partial charge in [-0.15, -0.1) is 11.3 Å². The van der Waals surface area contributed by atoms with E-state index in [4.69, 9.17) is 4.74 Å². The molecule has 21 heavy (non-hydrogen) atoms. The number of thiazole rings is 1. The molecule has 0 bridgehead atoms. The molecule has 0 radical (unpaired) electrons. The standard InChI is InChI=1S/C15H22N2O3S/c1-5-20-14(19)15(10(2)3)6-7-17(8-15)13(18)12-11(4)16-9-21-12/h9-10H,5-8H2,1-4H3/t15-/m1/s1. The van der Waals surface area contributed by atoms with Crippen molar-refractivity contribution in [1.82, 2.24) is 9.88 Å². The van der Waals surface area contributed by atoms with E-state index in [0.29, 0.717) is 31.0 Å². The number of rotatable bonds is 4. The summed E-state index contributed by atoms with van der Waals surface area (Å²) >= 11 is 1.35. The lowest BCUT2D eigenvalue weighted by Crippen LogP contribution is -2.41. The Balaban J connectivity index is 2.19. The summed E-state index contributed by atoms with van der Waals surface area (Å²) in [7, 11) is 0. The van der Waals surface area contributed by atoms with E-state index in [0.717, 1.165) is 5.69 Å². The second-order valence-corrected chi connectivity index (χ2v) is 6.63. The maximum atomic E-state index is 12.6. The first kappa shape index (κ1) is 15.9. The van der Waals surface area contributed by atoms with Gasteiger partial charge in [0, 0.05) is 13.1 Å². The molecule has 5 nitrogen and oxygen atoms in total. The van der Waals surface area contributed by atoms with Gasteiger partial charge < -0.3 is 9.64 Å². The first-order valence-electron chi connectivity index (χ1n) is 7.29. The van der Waals surface area contributed by atoms with Crippen molar-refractivity contribution in [3.8, 4) is 0 Å². The SMILES string of the molecule is CCOC(=O)[C@]1(C(C)C)CCN(C(=O)c2scnc2C)C1. The molecule has 1 aliphatic heterocycles. The molecule has 1 aliphatic rings. The lowest BCUT2D eigenvalue weighted by molar-refractivity contribution is -0.157. The van der Waals surface area contributed by atoms with Gasteiger partial charge >= 0.3 is 5.97 Å². The third kappa shape index (κ3) is 2.81. The summed E-state index contributed by atoms with van der Waals surface area (Å²) in [6, 6.07) is 0. The van der Waals surface area contributed by atoms with Crippen LogP contribution >= 0.6 is 11.3 Å². The zero-order valence-corrected chi connectivity index (χ0v) is 13.8. The van der Waals surface area contributed by atoms with E-state index < -0.39 is 5.41 Å². The Morgan fingerprint density at radius 1 is 1.52 bits per heavy atom. The van der Waals surface area contributed by atoms with Gasteiger partial charge in [-0.2, -0.15) is 0 Å². The van der Waals surface area contributed by atoms with Crippen molar-refractivity contribution in [2.75, 3.05) is 19.7 Å². The van der Waals surface area contributed by atoms with Crippen molar-refractivity contribution in [2.24, 2.45) is 11.3 Å². The van der Waals surface area contributed by atoms with Gasteiger partial charge in [0.1, 0.15) is 4.88 Å². The summed E-state index contributed by atoms with van der Waals surface area (Å²) in [5.74, 6) is -0.0740. The fraction of sp³-hybridized carbons (Fsp3) is 0.667. The number of hydrogen-bond acceptors (Lipinski definition) is 5. The second-order valence-electron chi connectivity index (χ2n) is 5.77. The molecule has 116 valence electrons. The van der Waals surface area contributed by atoms with Gasteiger partial charge in [0.25, 0.3) is 5.91 Å². The molecule has 1 aromatic heterocycles. The predicted molar refractivity (Wildman–Crippen MR) is 81.3 cm³/mol. The summed E-state index contributed by atoms with van der Waals surface area (Å²) in [5.41, 5.74) is 1.85. The highest BCUT2D eigenvalue weighted by Crippen LogP contribution is 2.40. The molecule has 0 spiro atoms. The highest BCUT2D eigenvalue weighted by molar-refractivity contribution is 7.11. The third-order valence-electron chi connectivity index (χ3n) is 4.31. The fourth-order valence-electron chi connectivity index (χ4n) is 2.81. The van der Waals surface area contributed by atoms with Gasteiger partial charge in [0.15, 0.2) is 0 Å². The van der Waals surface area contributed by atoms with Crippen molar-refractivity contribution in [1.29, 1.82) is 0 Å². The highest BCUT2D eigenvalue weighted by atomic mass is 32.1. The molecule has 0 saturated carbocycles. The Morgan fingerprint density at radius 3 is 2.76 bits per heavy atom. The number of aromatic nitrogens is 1. The molecular weight excluding hydrogens is 288 g/mol. The van der Waals surface area contributed by atoms with Gasteiger partial charge in [-0.3, -0.25) is 9.59 Å². The number of nitrogens with zero attached hydrogens (tertiary/aromatic N) is 2. The molecule has 1 fully saturated rings. The molecule has 1 amide bonds. The molecular formula is C15H22N2O3S. The summed E-state index contributed by atoms with van der Waals surface area (Å²) in [4.78, 5) is 31.5. The first-order valence-corrected chi connectivity index (χ1v) is 8.17. The van der Waals surface area contributed by atoms with Crippen LogP contribution in [0.15, 0.2) is 5.51 Å². The molecule has 2 heterocycles. The topological polar surface area (TPSA) is 59.5 Å². The zero-order valence-electron chi connectivity index (χ0n) is 13.0. The van der Waals surface area contributed by atoms with Crippen molar-refractivity contribution in [3.63, 3.8) is 0 Å². The molecule has 0 N–H and O–H groups in total. The lowest BCUT2D eigenvalue weighted by Gasteiger charge is -2.30. The molecule has 2 rings (SSSR count). The van der Waals surface area contributed by atoms with E-state index in [1.54, 1.807) is 10.4 Å². The molecule has 1 aromatic rings. The number of hydrogen-bond donors (Lipinski definition) is 0. The fourth-order valence-corrected chi connectivity index (χ4v) is 3.58. The average molecular weight is 310 g/mol. The van der Waals surface area contributed by atoms with E-state index in [1.807, 2.05) is 27.7 Å². The van der Waals surface area contributed by atoms with Crippen LogP contribution in [0.4, 0.5) is 0 Å². The van der Waals surface area contributed by atoms with E-state index in [1.165, 1.54) is 11.3 Å². The minimum absolute atomic E-state index is 0.0261. The third-order valence-corrected chi connectivity index (χ3v) is 5.23. The van der Waals surface area contributed by atoms with Crippen molar-refractivity contribution < 1.29 is 14.3 Å². The number of carbonyl (C=O) groups is 2. The summed E-state index contributed by atoms with van der Waals surface area (Å²) in [5, 5.41) is 0. The van der Waals surface area contributed by atoms with Gasteiger partial charge in [0.2, 0.25) is 0 Å². The summed E-state index contributed by atoms with van der Waals surface area (Å²) in [6.07, 6.45) is 0.660. The minimum Gasteiger partial charge on any atom is -0.466 e. The van der Waals surface area contributed by atoms with E-state index in [-0.39, 0.29) is 17.8 Å². The number of amides is 1. The summed E-state index contributed by atoms with van der Waals surface area (Å²) < 4.78 is 5.25. The lowest BCUT2D eigenvalue weighted by atomic mass is 9.76. The quantitative estimate of drug-likeness (QED) is 0.802. The Kier molecular flexibility index (Phi) is 4.66. The van der Waals surface area contributed by atoms with Crippen molar-refractivity contribution >= 4 is 23.2 Å². The molecule has 0 unspecified atom stereocenters. The smallest absolute Gasteiger partial charge is 0.314 e. The maximum absolute atomic E-state index is 12.6. The van der Waals surface area contributed by atoms with Crippen LogP contribution in [0, 0.1) is 18.3 Å². The van der Waals surface area contributed by atoms with E-state index >= 15 is 0 Å². The van der Waals surface area contributed by atoms with Crippen molar-refractivity contribution in [3.05, 3.63) is 16.1 Å². The van der Waals surface area contributed by atoms with Gasteiger partial charge in [-0.05, 0) is 26.2 Å². The Bertz CT molecular complexity index is 541. The van der Waals surface area contributed by atoms with Crippen LogP contribution in [-0.2, 0) is 9.53 Å². The number of carbonyl (C=O) groups excluding carboxylic acids is 2. The van der Waals surface area contributed by atoms with E-state index in [9.17, 15) is 9.59 Å². The number of likely N-dealkylation sites (tertiary alicyclic amines) is 1. The maximum Gasteiger partial charge on any atom is 0.314 e. The number of esters is 1. The molecule has 0 aliphatic carbocycles. The van der Waals surface area contributed by atoms with Crippen molar-refractivity contribution in [2.45, 2.75) is 34.1 Å². The normalized spacial score (nSPS) is 21.9. The summed E-state index contributed by atoms with van der Waals surface area (Å²) in [6.45, 7) is 9.07. The molecule has 1 saturated heterocycles. The van der Waals surface area contributed by atoms with Gasteiger partial charge in [-0.25, -0.2) is 4.98 Å². The van der Waals surface area contributed by atoms with Crippen LogP contribution in [0.2, 0.25) is 0 Å². The second kappa shape index (κ2) is 6.13.